The summed E-state index contributed by atoms with van der Waals surface area (Å²) in [6.45, 7) is 2.59. The minimum absolute atomic E-state index is 0.0561. The molecule has 6 heteroatoms. The van der Waals surface area contributed by atoms with E-state index >= 15 is 0 Å². The third-order valence-corrected chi connectivity index (χ3v) is 4.64. The van der Waals surface area contributed by atoms with E-state index in [1.54, 1.807) is 0 Å². The number of tetrazole rings is 1. The van der Waals surface area contributed by atoms with E-state index in [0.29, 0.717) is 12.4 Å². The van der Waals surface area contributed by atoms with Crippen LogP contribution in [0.25, 0.3) is 0 Å². The summed E-state index contributed by atoms with van der Waals surface area (Å²) in [4.78, 5) is 14.8. The lowest BCUT2D eigenvalue weighted by Crippen LogP contribution is -2.50. The molecule has 0 spiro atoms. The normalized spacial score (nSPS) is 17.5. The van der Waals surface area contributed by atoms with Gasteiger partial charge in [-0.2, -0.15) is 5.21 Å². The van der Waals surface area contributed by atoms with Crippen molar-refractivity contribution in [2.24, 2.45) is 0 Å². The van der Waals surface area contributed by atoms with Crippen molar-refractivity contribution in [1.29, 1.82) is 0 Å². The zero-order valence-corrected chi connectivity index (χ0v) is 13.0. The number of nitrogens with one attached hydrogen (secondary N) is 1. The van der Waals surface area contributed by atoms with Crippen molar-refractivity contribution in [1.82, 2.24) is 25.5 Å². The molecule has 1 amide bonds. The highest BCUT2D eigenvalue weighted by Crippen LogP contribution is 2.45. The third kappa shape index (κ3) is 2.49. The summed E-state index contributed by atoms with van der Waals surface area (Å²) in [7, 11) is 1.86. The quantitative estimate of drug-likeness (QED) is 0.914. The van der Waals surface area contributed by atoms with Crippen LogP contribution in [-0.4, -0.2) is 45.0 Å². The second kappa shape index (κ2) is 5.87. The van der Waals surface area contributed by atoms with Crippen LogP contribution in [0.1, 0.15) is 43.5 Å². The van der Waals surface area contributed by atoms with E-state index in [4.69, 9.17) is 0 Å². The standard InChI is InChI=1S/C16H21N5O/c1-12(14-17-19-20-18-14)11-21(2)15(22)16(9-6-10-16)13-7-4-3-5-8-13/h3-5,7-8,12H,6,9-11H2,1-2H3,(H,17,18,19,20). The molecule has 1 N–H and O–H groups in total. The number of aromatic amines is 1. The Labute approximate surface area is 129 Å². The Morgan fingerprint density at radius 3 is 2.64 bits per heavy atom. The molecule has 1 aromatic heterocycles. The van der Waals surface area contributed by atoms with Gasteiger partial charge in [0.1, 0.15) is 0 Å². The SMILES string of the molecule is CC(CN(C)C(=O)C1(c2ccccc2)CCC1)c1nn[nH]n1. The fraction of sp³-hybridized carbons (Fsp3) is 0.500. The smallest absolute Gasteiger partial charge is 0.232 e. The van der Waals surface area contributed by atoms with Crippen LogP contribution in [0, 0.1) is 0 Å². The lowest BCUT2D eigenvalue weighted by Gasteiger charge is -2.43. The number of aromatic nitrogens is 4. The average Bonchev–Trinajstić information content (AvgIpc) is 3.01. The maximum absolute atomic E-state index is 13.0. The van der Waals surface area contributed by atoms with Gasteiger partial charge in [-0.05, 0) is 18.4 Å². The maximum atomic E-state index is 13.0. The number of benzene rings is 1. The summed E-state index contributed by atoms with van der Waals surface area (Å²) in [5, 5.41) is 14.0. The Morgan fingerprint density at radius 1 is 1.36 bits per heavy atom. The fourth-order valence-electron chi connectivity index (χ4n) is 3.23. The van der Waals surface area contributed by atoms with Crippen molar-refractivity contribution in [3.8, 4) is 0 Å². The molecule has 1 fully saturated rings. The largest absolute Gasteiger partial charge is 0.344 e. The number of nitrogens with zero attached hydrogens (tertiary/aromatic N) is 4. The zero-order valence-electron chi connectivity index (χ0n) is 13.0. The lowest BCUT2D eigenvalue weighted by atomic mass is 9.63. The van der Waals surface area contributed by atoms with Crippen molar-refractivity contribution in [3.05, 3.63) is 41.7 Å². The summed E-state index contributed by atoms with van der Waals surface area (Å²) < 4.78 is 0. The molecule has 1 atom stereocenters. The first kappa shape index (κ1) is 14.7. The molecule has 116 valence electrons. The average molecular weight is 299 g/mol. The summed E-state index contributed by atoms with van der Waals surface area (Å²) in [5.74, 6) is 0.892. The van der Waals surface area contributed by atoms with Crippen molar-refractivity contribution in [3.63, 3.8) is 0 Å². The van der Waals surface area contributed by atoms with Crippen LogP contribution in [0.5, 0.6) is 0 Å². The van der Waals surface area contributed by atoms with Crippen LogP contribution in [0.15, 0.2) is 30.3 Å². The van der Waals surface area contributed by atoms with E-state index in [0.717, 1.165) is 24.8 Å². The fourth-order valence-corrected chi connectivity index (χ4v) is 3.23. The second-order valence-corrected chi connectivity index (χ2v) is 6.16. The van der Waals surface area contributed by atoms with Crippen LogP contribution in [0.4, 0.5) is 0 Å². The van der Waals surface area contributed by atoms with Crippen LogP contribution in [-0.2, 0) is 10.2 Å². The molecular weight excluding hydrogens is 278 g/mol. The first-order valence-electron chi connectivity index (χ1n) is 7.68. The Kier molecular flexibility index (Phi) is 3.92. The maximum Gasteiger partial charge on any atom is 0.232 e. The lowest BCUT2D eigenvalue weighted by molar-refractivity contribution is -0.139. The molecule has 3 rings (SSSR count). The summed E-state index contributed by atoms with van der Waals surface area (Å²) in [6, 6.07) is 10.1. The zero-order chi connectivity index (χ0) is 15.6. The highest BCUT2D eigenvalue weighted by molar-refractivity contribution is 5.89. The molecule has 1 aliphatic rings. The molecule has 2 aromatic rings. The Morgan fingerprint density at radius 2 is 2.09 bits per heavy atom. The van der Waals surface area contributed by atoms with Gasteiger partial charge in [0, 0.05) is 19.5 Å². The first-order chi connectivity index (χ1) is 10.6. The number of hydrogen-bond acceptors (Lipinski definition) is 4. The topological polar surface area (TPSA) is 74.8 Å². The van der Waals surface area contributed by atoms with E-state index in [1.807, 2.05) is 37.1 Å². The molecule has 6 nitrogen and oxygen atoms in total. The molecule has 1 unspecified atom stereocenters. The molecule has 0 radical (unpaired) electrons. The van der Waals surface area contributed by atoms with Crippen molar-refractivity contribution >= 4 is 5.91 Å². The van der Waals surface area contributed by atoms with Gasteiger partial charge in [-0.25, -0.2) is 0 Å². The van der Waals surface area contributed by atoms with Gasteiger partial charge in [-0.3, -0.25) is 4.79 Å². The first-order valence-corrected chi connectivity index (χ1v) is 7.68. The number of carbonyl (C=O) groups is 1. The molecule has 1 aromatic carbocycles. The highest BCUT2D eigenvalue weighted by Gasteiger charge is 2.47. The molecule has 0 bridgehead atoms. The predicted octanol–water partition coefficient (Wildman–Crippen LogP) is 1.88. The van der Waals surface area contributed by atoms with Gasteiger partial charge in [0.15, 0.2) is 5.82 Å². The summed E-state index contributed by atoms with van der Waals surface area (Å²) in [6.07, 6.45) is 2.96. The van der Waals surface area contributed by atoms with Crippen LogP contribution < -0.4 is 0 Å². The summed E-state index contributed by atoms with van der Waals surface area (Å²) >= 11 is 0. The van der Waals surface area contributed by atoms with Gasteiger partial charge in [0.25, 0.3) is 0 Å². The molecular formula is C16H21N5O. The van der Waals surface area contributed by atoms with Gasteiger partial charge in [0.05, 0.1) is 5.41 Å². The van der Waals surface area contributed by atoms with Gasteiger partial charge in [-0.15, -0.1) is 10.2 Å². The van der Waals surface area contributed by atoms with E-state index in [-0.39, 0.29) is 17.2 Å². The number of rotatable bonds is 5. The minimum atomic E-state index is -0.340. The van der Waals surface area contributed by atoms with Crippen molar-refractivity contribution < 1.29 is 4.79 Å². The van der Waals surface area contributed by atoms with Gasteiger partial charge in [0.2, 0.25) is 5.91 Å². The van der Waals surface area contributed by atoms with E-state index in [2.05, 4.69) is 32.8 Å². The van der Waals surface area contributed by atoms with Gasteiger partial charge < -0.3 is 4.90 Å². The molecule has 0 aliphatic heterocycles. The van der Waals surface area contributed by atoms with E-state index in [9.17, 15) is 4.79 Å². The number of hydrogen-bond donors (Lipinski definition) is 1. The van der Waals surface area contributed by atoms with E-state index in [1.165, 1.54) is 0 Å². The number of H-pyrrole nitrogens is 1. The number of likely N-dealkylation sites (N-methyl/N-ethyl adjacent to an activating group) is 1. The molecule has 1 aliphatic carbocycles. The van der Waals surface area contributed by atoms with Crippen LogP contribution in [0.3, 0.4) is 0 Å². The second-order valence-electron chi connectivity index (χ2n) is 6.16. The number of carbonyl (C=O) groups excluding carboxylic acids is 1. The number of amides is 1. The van der Waals surface area contributed by atoms with Crippen molar-refractivity contribution in [2.75, 3.05) is 13.6 Å². The van der Waals surface area contributed by atoms with Gasteiger partial charge in [-0.1, -0.05) is 48.9 Å². The molecule has 22 heavy (non-hydrogen) atoms. The molecule has 1 heterocycles. The van der Waals surface area contributed by atoms with Crippen molar-refractivity contribution in [2.45, 2.75) is 37.5 Å². The summed E-state index contributed by atoms with van der Waals surface area (Å²) in [5.41, 5.74) is 0.790. The molecule has 0 saturated heterocycles. The Balaban J connectivity index is 1.74. The highest BCUT2D eigenvalue weighted by atomic mass is 16.2. The monoisotopic (exact) mass is 299 g/mol. The predicted molar refractivity (Wildman–Crippen MR) is 82.2 cm³/mol. The van der Waals surface area contributed by atoms with Crippen LogP contribution in [0.2, 0.25) is 0 Å². The van der Waals surface area contributed by atoms with Gasteiger partial charge >= 0.3 is 0 Å². The molecule has 1 saturated carbocycles. The Hall–Kier alpha value is -2.24. The minimum Gasteiger partial charge on any atom is -0.344 e. The Bertz CT molecular complexity index is 621. The third-order valence-electron chi connectivity index (χ3n) is 4.64. The van der Waals surface area contributed by atoms with Crippen LogP contribution >= 0.6 is 0 Å². The van der Waals surface area contributed by atoms with E-state index < -0.39 is 0 Å².